The lowest BCUT2D eigenvalue weighted by atomic mass is 9.94. The van der Waals surface area contributed by atoms with Crippen molar-refractivity contribution in [3.8, 4) is 0 Å². The highest BCUT2D eigenvalue weighted by molar-refractivity contribution is 8.01. The maximum absolute atomic E-state index is 12.5. The SMILES string of the molecule is CC1(C)S[C@@H]2[C@H](NC(=O)C(C(=O)O)c3ccccc3)C(=O)N2[C@H]1C(=O)O.CCCCCCCCCCCNC(=O)CCCc1cnc(N)[nH]1. The number of amides is 3. The quantitative estimate of drug-likeness (QED) is 0.0689. The summed E-state index contributed by atoms with van der Waals surface area (Å²) in [7, 11) is 0. The highest BCUT2D eigenvalue weighted by Crippen LogP contribution is 2.50. The molecular weight excluding hydrogens is 648 g/mol. The summed E-state index contributed by atoms with van der Waals surface area (Å²) in [6.07, 6.45) is 15.7. The minimum Gasteiger partial charge on any atom is -0.480 e. The van der Waals surface area contributed by atoms with Gasteiger partial charge in [0, 0.05) is 23.4 Å². The van der Waals surface area contributed by atoms with Crippen LogP contribution in [0.3, 0.4) is 0 Å². The average Bonchev–Trinajstić information content (AvgIpc) is 3.58. The molecule has 0 spiro atoms. The van der Waals surface area contributed by atoms with Crippen LogP contribution in [0.1, 0.15) is 109 Å². The number of hydrogen-bond donors (Lipinski definition) is 6. The molecule has 1 aromatic carbocycles. The smallest absolute Gasteiger partial charge is 0.327 e. The lowest BCUT2D eigenvalue weighted by molar-refractivity contribution is -0.161. The molecule has 49 heavy (non-hydrogen) atoms. The Labute approximate surface area is 292 Å². The summed E-state index contributed by atoms with van der Waals surface area (Å²) in [6, 6.07) is 6.10. The van der Waals surface area contributed by atoms with E-state index in [2.05, 4.69) is 27.5 Å². The van der Waals surface area contributed by atoms with Crippen molar-refractivity contribution < 1.29 is 34.2 Å². The molecule has 3 amide bonds. The zero-order valence-electron chi connectivity index (χ0n) is 28.8. The third kappa shape index (κ3) is 11.5. The predicted octanol–water partition coefficient (Wildman–Crippen LogP) is 4.45. The number of thioether (sulfide) groups is 1. The zero-order chi connectivity index (χ0) is 36.0. The molecule has 7 N–H and O–H groups in total. The Morgan fingerprint density at radius 1 is 1.00 bits per heavy atom. The van der Waals surface area contributed by atoms with E-state index in [1.54, 1.807) is 38.2 Å². The monoisotopic (exact) mass is 700 g/mol. The molecule has 2 aliphatic rings. The van der Waals surface area contributed by atoms with Crippen LogP contribution in [0.15, 0.2) is 36.5 Å². The van der Waals surface area contributed by atoms with Crippen molar-refractivity contribution in [3.05, 3.63) is 47.8 Å². The number of unbranched alkanes of at least 4 members (excludes halogenated alkanes) is 8. The standard InChI is InChI=1S/C18H34N4O.C17H18N2O6S/c1-2-3-4-5-6-7-8-9-10-14-20-17(23)13-11-12-16-15-21-18(19)22-16;1-17(2)11(16(24)25)19-13(21)10(14(19)26-17)18-12(20)9(15(22)23)8-6-4-3-5-7-8/h15H,2-14H2,1H3,(H,20,23)(H3,19,21,22);3-7,9-11,14H,1-2H3,(H,18,20)(H,22,23)(H,24,25)/t;9?,10-,11+,14-/m.1/s1. The molecule has 1 aromatic heterocycles. The van der Waals surface area contributed by atoms with Gasteiger partial charge in [0.05, 0.1) is 6.20 Å². The van der Waals surface area contributed by atoms with Crippen molar-refractivity contribution >= 4 is 47.4 Å². The van der Waals surface area contributed by atoms with E-state index in [1.807, 2.05) is 0 Å². The molecule has 2 aromatic rings. The number of β-lactam (4-membered cyclic amide) rings is 1. The molecule has 1 unspecified atom stereocenters. The number of carbonyl (C=O) groups excluding carboxylic acids is 3. The Morgan fingerprint density at radius 3 is 2.20 bits per heavy atom. The van der Waals surface area contributed by atoms with Gasteiger partial charge >= 0.3 is 11.9 Å². The number of imidazole rings is 1. The number of aryl methyl sites for hydroxylation is 1. The summed E-state index contributed by atoms with van der Waals surface area (Å²) >= 11 is 1.29. The average molecular weight is 701 g/mol. The lowest BCUT2D eigenvalue weighted by Gasteiger charge is -2.43. The number of aromatic nitrogens is 2. The first-order valence-electron chi connectivity index (χ1n) is 17.2. The second kappa shape index (κ2) is 19.2. The van der Waals surface area contributed by atoms with Crippen LogP contribution in [0.2, 0.25) is 0 Å². The van der Waals surface area contributed by atoms with Gasteiger partial charge in [-0.15, -0.1) is 11.8 Å². The second-order valence-electron chi connectivity index (χ2n) is 13.1. The summed E-state index contributed by atoms with van der Waals surface area (Å²) in [6.45, 7) is 6.52. The number of nitrogen functional groups attached to an aromatic ring is 1. The molecule has 13 nitrogen and oxygen atoms in total. The first-order valence-corrected chi connectivity index (χ1v) is 18.1. The molecular formula is C35H52N6O7S. The van der Waals surface area contributed by atoms with Crippen molar-refractivity contribution in [3.63, 3.8) is 0 Å². The summed E-state index contributed by atoms with van der Waals surface area (Å²) < 4.78 is -0.711. The van der Waals surface area contributed by atoms with Crippen molar-refractivity contribution in [1.82, 2.24) is 25.5 Å². The van der Waals surface area contributed by atoms with Crippen LogP contribution in [0, 0.1) is 0 Å². The highest BCUT2D eigenvalue weighted by Gasteiger charge is 2.64. The number of aromatic amines is 1. The number of hydrogen-bond acceptors (Lipinski definition) is 8. The van der Waals surface area contributed by atoms with Crippen LogP contribution in [-0.2, 0) is 30.4 Å². The molecule has 2 fully saturated rings. The molecule has 2 saturated heterocycles. The first kappa shape index (κ1) is 39.4. The molecule has 270 valence electrons. The molecule has 14 heteroatoms. The number of nitrogens with one attached hydrogen (secondary N) is 3. The number of carbonyl (C=O) groups is 5. The topological polar surface area (TPSA) is 208 Å². The zero-order valence-corrected chi connectivity index (χ0v) is 29.6. The molecule has 0 aliphatic carbocycles. The normalized spacial score (nSPS) is 19.5. The molecule has 4 rings (SSSR count). The number of nitrogens with two attached hydrogens (primary N) is 1. The Balaban J connectivity index is 0.000000268. The van der Waals surface area contributed by atoms with Crippen LogP contribution in [-0.4, -0.2) is 83.5 Å². The minimum absolute atomic E-state index is 0.150. The van der Waals surface area contributed by atoms with E-state index in [1.165, 1.54) is 80.2 Å². The van der Waals surface area contributed by atoms with E-state index in [4.69, 9.17) is 5.73 Å². The Kier molecular flexibility index (Phi) is 15.4. The van der Waals surface area contributed by atoms with E-state index in [0.717, 1.165) is 31.5 Å². The molecule has 4 atom stereocenters. The number of carboxylic acid groups (broad SMARTS) is 2. The third-order valence-corrected chi connectivity index (χ3v) is 10.3. The third-order valence-electron chi connectivity index (χ3n) is 8.72. The lowest BCUT2D eigenvalue weighted by Crippen LogP contribution is -2.71. The maximum Gasteiger partial charge on any atom is 0.327 e. The number of aliphatic carboxylic acids is 2. The maximum atomic E-state index is 12.5. The Morgan fingerprint density at radius 2 is 1.63 bits per heavy atom. The number of benzene rings is 1. The first-order chi connectivity index (χ1) is 23.4. The van der Waals surface area contributed by atoms with E-state index >= 15 is 0 Å². The number of rotatable bonds is 19. The second-order valence-corrected chi connectivity index (χ2v) is 14.9. The van der Waals surface area contributed by atoms with Crippen LogP contribution < -0.4 is 16.4 Å². The van der Waals surface area contributed by atoms with Crippen LogP contribution in [0.25, 0.3) is 0 Å². The van der Waals surface area contributed by atoms with E-state index in [9.17, 15) is 34.2 Å². The van der Waals surface area contributed by atoms with Crippen LogP contribution >= 0.6 is 11.8 Å². The summed E-state index contributed by atoms with van der Waals surface area (Å²) in [5, 5.41) is 23.8. The fourth-order valence-electron chi connectivity index (χ4n) is 6.13. The number of fused-ring (bicyclic) bond motifs is 1. The fourth-order valence-corrected chi connectivity index (χ4v) is 7.75. The fraction of sp³-hybridized carbons (Fsp3) is 0.600. The summed E-state index contributed by atoms with van der Waals surface area (Å²) in [5.41, 5.74) is 6.81. The summed E-state index contributed by atoms with van der Waals surface area (Å²) in [4.78, 5) is 67.8. The number of carboxylic acids is 2. The van der Waals surface area contributed by atoms with E-state index < -0.39 is 51.9 Å². The predicted molar refractivity (Wildman–Crippen MR) is 189 cm³/mol. The van der Waals surface area contributed by atoms with Gasteiger partial charge in [0.1, 0.15) is 17.5 Å². The number of H-pyrrole nitrogens is 1. The van der Waals surface area contributed by atoms with Gasteiger partial charge in [0.15, 0.2) is 11.9 Å². The Bertz CT molecular complexity index is 1400. The van der Waals surface area contributed by atoms with Gasteiger partial charge < -0.3 is 36.5 Å². The van der Waals surface area contributed by atoms with Gasteiger partial charge in [-0.05, 0) is 38.7 Å². The van der Waals surface area contributed by atoms with Gasteiger partial charge in [0.25, 0.3) is 0 Å². The Hall–Kier alpha value is -4.07. The van der Waals surface area contributed by atoms with Crippen LogP contribution in [0.5, 0.6) is 0 Å². The molecule has 3 heterocycles. The van der Waals surface area contributed by atoms with Crippen molar-refractivity contribution in [2.24, 2.45) is 0 Å². The van der Waals surface area contributed by atoms with Gasteiger partial charge in [-0.2, -0.15) is 0 Å². The molecule has 0 radical (unpaired) electrons. The van der Waals surface area contributed by atoms with Crippen LogP contribution in [0.4, 0.5) is 5.95 Å². The summed E-state index contributed by atoms with van der Waals surface area (Å²) in [5.74, 6) is -4.57. The van der Waals surface area contributed by atoms with E-state index in [0.29, 0.717) is 17.9 Å². The van der Waals surface area contributed by atoms with Crippen molar-refractivity contribution in [1.29, 1.82) is 0 Å². The molecule has 0 bridgehead atoms. The number of nitrogens with zero attached hydrogens (tertiary/aromatic N) is 2. The van der Waals surface area contributed by atoms with Gasteiger partial charge in [0.2, 0.25) is 17.7 Å². The van der Waals surface area contributed by atoms with Crippen molar-refractivity contribution in [2.75, 3.05) is 12.3 Å². The van der Waals surface area contributed by atoms with Gasteiger partial charge in [-0.25, -0.2) is 9.78 Å². The highest BCUT2D eigenvalue weighted by atomic mass is 32.2. The number of anilines is 1. The van der Waals surface area contributed by atoms with Crippen molar-refractivity contribution in [2.45, 2.75) is 126 Å². The van der Waals surface area contributed by atoms with E-state index in [-0.39, 0.29) is 5.91 Å². The van der Waals surface area contributed by atoms with Gasteiger partial charge in [-0.1, -0.05) is 88.6 Å². The molecule has 2 aliphatic heterocycles. The minimum atomic E-state index is -1.44. The largest absolute Gasteiger partial charge is 0.480 e. The van der Waals surface area contributed by atoms with Gasteiger partial charge in [-0.3, -0.25) is 19.2 Å². The molecule has 0 saturated carbocycles.